The highest BCUT2D eigenvalue weighted by Crippen LogP contribution is 2.40. The lowest BCUT2D eigenvalue weighted by Crippen LogP contribution is -2.38. The van der Waals surface area contributed by atoms with Crippen molar-refractivity contribution >= 4 is 32.6 Å². The van der Waals surface area contributed by atoms with Crippen molar-refractivity contribution in [1.29, 1.82) is 0 Å². The summed E-state index contributed by atoms with van der Waals surface area (Å²) in [5, 5.41) is 0.654. The Morgan fingerprint density at radius 1 is 1.12 bits per heavy atom. The first-order valence-corrected chi connectivity index (χ1v) is 11.4. The zero-order chi connectivity index (χ0) is 22.3. The average Bonchev–Trinajstić information content (AvgIpc) is 3.02. The van der Waals surface area contributed by atoms with E-state index in [1.807, 2.05) is 35.1 Å². The largest absolute Gasteiger partial charge is 0.487 e. The minimum atomic E-state index is -4.24. The summed E-state index contributed by atoms with van der Waals surface area (Å²) >= 11 is 0. The van der Waals surface area contributed by atoms with Crippen molar-refractivity contribution in [3.05, 3.63) is 66.0 Å². The fraction of sp³-hybridized carbons (Fsp3) is 0.227. The van der Waals surface area contributed by atoms with Crippen LogP contribution >= 0.6 is 0 Å². The predicted octanol–water partition coefficient (Wildman–Crippen LogP) is 2.52. The maximum absolute atomic E-state index is 15.8. The molecule has 10 heteroatoms. The van der Waals surface area contributed by atoms with E-state index in [1.165, 1.54) is 6.07 Å². The molecule has 2 aliphatic rings. The Balaban J connectivity index is 1.59. The number of nitrogens with one attached hydrogen (secondary N) is 1. The van der Waals surface area contributed by atoms with Gasteiger partial charge in [0.15, 0.2) is 5.82 Å². The maximum Gasteiger partial charge on any atom is 0.326 e. The molecular formula is C22H19FN2O6S. The minimum Gasteiger partial charge on any atom is -0.487 e. The Labute approximate surface area is 183 Å². The number of fused-ring (bicyclic) bond motifs is 1. The standard InChI is InChI=1S/C22H19FN2O6S/c23-21-18-9-16(31-17-12-29-13-17)7-6-15(18)8-19(30-11-14-4-2-1-3-5-14)22(21)25-10-20(26)24-32(25,27)28/h1-9,17H,10-13H2,(H,24,26). The SMILES string of the molecule is O=C1CN(c2c(OCc3ccccc3)cc3ccc(OC4COC4)cc3c2F)S(=O)(=O)N1. The second-order valence-corrected chi connectivity index (χ2v) is 9.10. The third kappa shape index (κ3) is 3.82. The van der Waals surface area contributed by atoms with Crippen LogP contribution in [0.4, 0.5) is 10.1 Å². The van der Waals surface area contributed by atoms with Gasteiger partial charge in [0.25, 0.3) is 5.91 Å². The first kappa shape index (κ1) is 20.5. The molecule has 0 unspecified atom stereocenters. The highest BCUT2D eigenvalue weighted by Gasteiger charge is 2.38. The van der Waals surface area contributed by atoms with Crippen molar-refractivity contribution in [2.45, 2.75) is 12.7 Å². The quantitative estimate of drug-likeness (QED) is 0.610. The molecule has 8 nitrogen and oxygen atoms in total. The van der Waals surface area contributed by atoms with Gasteiger partial charge in [0, 0.05) is 5.39 Å². The van der Waals surface area contributed by atoms with Crippen LogP contribution < -0.4 is 18.5 Å². The van der Waals surface area contributed by atoms with Crippen LogP contribution in [0, 0.1) is 5.82 Å². The fourth-order valence-corrected chi connectivity index (χ4v) is 4.73. The molecular weight excluding hydrogens is 439 g/mol. The molecule has 2 saturated heterocycles. The van der Waals surface area contributed by atoms with E-state index in [-0.39, 0.29) is 29.5 Å². The molecule has 0 saturated carbocycles. The van der Waals surface area contributed by atoms with Crippen LogP contribution in [-0.2, 0) is 26.3 Å². The van der Waals surface area contributed by atoms with Gasteiger partial charge < -0.3 is 14.2 Å². The van der Waals surface area contributed by atoms with Crippen molar-refractivity contribution in [3.63, 3.8) is 0 Å². The van der Waals surface area contributed by atoms with Gasteiger partial charge in [-0.3, -0.25) is 4.79 Å². The Kier molecular flexibility index (Phi) is 5.10. The van der Waals surface area contributed by atoms with Crippen LogP contribution in [0.3, 0.4) is 0 Å². The van der Waals surface area contributed by atoms with E-state index >= 15 is 4.39 Å². The van der Waals surface area contributed by atoms with Gasteiger partial charge in [0.05, 0.1) is 13.2 Å². The molecule has 3 aromatic carbocycles. The Bertz CT molecular complexity index is 1290. The third-order valence-electron chi connectivity index (χ3n) is 5.21. The summed E-state index contributed by atoms with van der Waals surface area (Å²) in [7, 11) is -4.24. The zero-order valence-corrected chi connectivity index (χ0v) is 17.6. The highest BCUT2D eigenvalue weighted by atomic mass is 32.2. The van der Waals surface area contributed by atoms with Gasteiger partial charge in [-0.2, -0.15) is 8.42 Å². The molecule has 2 aliphatic heterocycles. The lowest BCUT2D eigenvalue weighted by molar-refractivity contribution is -0.117. The fourth-order valence-electron chi connectivity index (χ4n) is 3.57. The predicted molar refractivity (Wildman–Crippen MR) is 114 cm³/mol. The number of rotatable bonds is 6. The van der Waals surface area contributed by atoms with Crippen LogP contribution in [0.15, 0.2) is 54.6 Å². The summed E-state index contributed by atoms with van der Waals surface area (Å²) < 4.78 is 60.0. The lowest BCUT2D eigenvalue weighted by Gasteiger charge is -2.27. The molecule has 166 valence electrons. The monoisotopic (exact) mass is 458 g/mol. The number of hydrogen-bond acceptors (Lipinski definition) is 6. The number of nitrogens with zero attached hydrogens (tertiary/aromatic N) is 1. The summed E-state index contributed by atoms with van der Waals surface area (Å²) in [6, 6.07) is 15.6. The average molecular weight is 458 g/mol. The van der Waals surface area contributed by atoms with Crippen molar-refractivity contribution < 1.29 is 31.8 Å². The number of carbonyl (C=O) groups excluding carboxylic acids is 1. The number of carbonyl (C=O) groups is 1. The van der Waals surface area contributed by atoms with Gasteiger partial charge in [-0.05, 0) is 29.1 Å². The summed E-state index contributed by atoms with van der Waals surface area (Å²) in [6.45, 7) is 0.467. The molecule has 0 radical (unpaired) electrons. The van der Waals surface area contributed by atoms with Crippen LogP contribution in [0.5, 0.6) is 11.5 Å². The normalized spacial score (nSPS) is 17.8. The zero-order valence-electron chi connectivity index (χ0n) is 16.8. The summed E-state index contributed by atoms with van der Waals surface area (Å²) in [5.74, 6) is -1.12. The molecule has 5 rings (SSSR count). The molecule has 0 aliphatic carbocycles. The van der Waals surface area contributed by atoms with Crippen molar-refractivity contribution in [2.24, 2.45) is 0 Å². The molecule has 32 heavy (non-hydrogen) atoms. The summed E-state index contributed by atoms with van der Waals surface area (Å²) in [6.07, 6.45) is -0.107. The van der Waals surface area contributed by atoms with Gasteiger partial charge in [0.1, 0.15) is 36.4 Å². The van der Waals surface area contributed by atoms with Gasteiger partial charge in [-0.1, -0.05) is 36.4 Å². The molecule has 2 heterocycles. The van der Waals surface area contributed by atoms with E-state index < -0.39 is 28.5 Å². The second kappa shape index (κ2) is 7.95. The number of hydrogen-bond donors (Lipinski definition) is 1. The Hall–Kier alpha value is -3.37. The maximum atomic E-state index is 15.8. The van der Waals surface area contributed by atoms with Crippen molar-refractivity contribution in [2.75, 3.05) is 24.1 Å². The van der Waals surface area contributed by atoms with E-state index in [9.17, 15) is 13.2 Å². The summed E-state index contributed by atoms with van der Waals surface area (Å²) in [5.41, 5.74) is 0.500. The highest BCUT2D eigenvalue weighted by molar-refractivity contribution is 7.92. The molecule has 1 amide bonds. The first-order chi connectivity index (χ1) is 15.4. The van der Waals surface area contributed by atoms with Crippen molar-refractivity contribution in [3.8, 4) is 11.5 Å². The lowest BCUT2D eigenvalue weighted by atomic mass is 10.1. The number of ether oxygens (including phenoxy) is 3. The van der Waals surface area contributed by atoms with E-state index in [0.29, 0.717) is 28.7 Å². The van der Waals surface area contributed by atoms with Gasteiger partial charge in [-0.15, -0.1) is 0 Å². The number of benzene rings is 3. The summed E-state index contributed by atoms with van der Waals surface area (Å²) in [4.78, 5) is 11.8. The van der Waals surface area contributed by atoms with E-state index in [0.717, 1.165) is 5.56 Å². The van der Waals surface area contributed by atoms with Crippen molar-refractivity contribution in [1.82, 2.24) is 4.72 Å². The molecule has 0 atom stereocenters. The van der Waals surface area contributed by atoms with E-state index in [4.69, 9.17) is 14.2 Å². The molecule has 0 spiro atoms. The number of anilines is 1. The van der Waals surface area contributed by atoms with Gasteiger partial charge in [-0.25, -0.2) is 13.4 Å². The third-order valence-corrected chi connectivity index (χ3v) is 6.58. The molecule has 2 fully saturated rings. The van der Waals surface area contributed by atoms with Gasteiger partial charge in [0.2, 0.25) is 0 Å². The van der Waals surface area contributed by atoms with E-state index in [2.05, 4.69) is 0 Å². The molecule has 0 bridgehead atoms. The first-order valence-electron chi connectivity index (χ1n) is 9.91. The number of amides is 1. The smallest absolute Gasteiger partial charge is 0.326 e. The van der Waals surface area contributed by atoms with Crippen LogP contribution in [0.2, 0.25) is 0 Å². The molecule has 0 aromatic heterocycles. The second-order valence-electron chi connectivity index (χ2n) is 7.51. The van der Waals surface area contributed by atoms with Crippen LogP contribution in [0.25, 0.3) is 10.8 Å². The van der Waals surface area contributed by atoms with Crippen LogP contribution in [-0.4, -0.2) is 40.2 Å². The molecule has 1 N–H and O–H groups in total. The minimum absolute atomic E-state index is 0.0139. The Morgan fingerprint density at radius 2 is 1.91 bits per heavy atom. The van der Waals surface area contributed by atoms with Gasteiger partial charge >= 0.3 is 10.2 Å². The number of halogens is 1. The van der Waals surface area contributed by atoms with E-state index in [1.54, 1.807) is 18.2 Å². The Morgan fingerprint density at radius 3 is 2.56 bits per heavy atom. The molecule has 3 aromatic rings. The topological polar surface area (TPSA) is 94.2 Å². The van der Waals surface area contributed by atoms with Crippen LogP contribution in [0.1, 0.15) is 5.56 Å².